The van der Waals surface area contributed by atoms with E-state index in [9.17, 15) is 0 Å². The van der Waals surface area contributed by atoms with Gasteiger partial charge in [0.15, 0.2) is 0 Å². The lowest BCUT2D eigenvalue weighted by Gasteiger charge is -1.88. The molecule has 0 radical (unpaired) electrons. The van der Waals surface area contributed by atoms with Crippen LogP contribution in [0, 0.1) is 11.3 Å². The van der Waals surface area contributed by atoms with Crippen LogP contribution in [0.4, 0.5) is 0 Å². The minimum Gasteiger partial charge on any atom is -0.472 e. The van der Waals surface area contributed by atoms with Crippen molar-refractivity contribution in [1.29, 1.82) is 5.26 Å². The first-order chi connectivity index (χ1) is 4.93. The van der Waals surface area contributed by atoms with Gasteiger partial charge >= 0.3 is 0 Å². The normalized spacial score (nSPS) is 9.10. The molecule has 2 nitrogen and oxygen atoms in total. The molecule has 1 rings (SSSR count). The van der Waals surface area contributed by atoms with Crippen LogP contribution in [0.1, 0.15) is 18.4 Å². The number of hydrogen-bond acceptors (Lipinski definition) is 2. The summed E-state index contributed by atoms with van der Waals surface area (Å²) in [5, 5.41) is 8.22. The third-order valence-electron chi connectivity index (χ3n) is 1.33. The summed E-state index contributed by atoms with van der Waals surface area (Å²) in [5.41, 5.74) is 1.18. The Morgan fingerprint density at radius 2 is 2.50 bits per heavy atom. The van der Waals surface area contributed by atoms with Crippen LogP contribution in [-0.4, -0.2) is 0 Å². The van der Waals surface area contributed by atoms with Crippen LogP contribution in [0.15, 0.2) is 23.0 Å². The molecule has 0 spiro atoms. The molecular formula is C8H9NO. The first-order valence-electron chi connectivity index (χ1n) is 3.31. The fraction of sp³-hybridized carbons (Fsp3) is 0.375. The van der Waals surface area contributed by atoms with Crippen molar-refractivity contribution < 1.29 is 4.42 Å². The lowest BCUT2D eigenvalue weighted by Crippen LogP contribution is -1.79. The van der Waals surface area contributed by atoms with E-state index in [0.29, 0.717) is 6.42 Å². The van der Waals surface area contributed by atoms with Gasteiger partial charge in [-0.25, -0.2) is 0 Å². The van der Waals surface area contributed by atoms with Crippen molar-refractivity contribution in [2.75, 3.05) is 0 Å². The molecule has 0 amide bonds. The quantitative estimate of drug-likeness (QED) is 0.595. The van der Waals surface area contributed by atoms with E-state index in [1.54, 1.807) is 12.5 Å². The van der Waals surface area contributed by atoms with Crippen LogP contribution >= 0.6 is 0 Å². The van der Waals surface area contributed by atoms with Crippen molar-refractivity contribution in [3.8, 4) is 6.07 Å². The number of furan rings is 1. The van der Waals surface area contributed by atoms with Gasteiger partial charge in [-0.05, 0) is 24.5 Å². The topological polar surface area (TPSA) is 36.9 Å². The third kappa shape index (κ3) is 1.94. The van der Waals surface area contributed by atoms with Crippen LogP contribution in [0.25, 0.3) is 0 Å². The van der Waals surface area contributed by atoms with Crippen molar-refractivity contribution in [1.82, 2.24) is 0 Å². The second-order valence-corrected chi connectivity index (χ2v) is 2.14. The zero-order chi connectivity index (χ0) is 7.23. The lowest BCUT2D eigenvalue weighted by molar-refractivity contribution is 0.563. The molecule has 0 N–H and O–H groups in total. The van der Waals surface area contributed by atoms with Gasteiger partial charge in [-0.2, -0.15) is 5.26 Å². The first-order valence-corrected chi connectivity index (χ1v) is 3.31. The Labute approximate surface area is 60.1 Å². The first kappa shape index (κ1) is 6.88. The summed E-state index contributed by atoms with van der Waals surface area (Å²) in [7, 11) is 0. The summed E-state index contributed by atoms with van der Waals surface area (Å²) >= 11 is 0. The van der Waals surface area contributed by atoms with Gasteiger partial charge in [-0.3, -0.25) is 0 Å². The zero-order valence-electron chi connectivity index (χ0n) is 5.71. The number of rotatable bonds is 3. The Bertz CT molecular complexity index is 208. The van der Waals surface area contributed by atoms with Crippen molar-refractivity contribution in [3.63, 3.8) is 0 Å². The van der Waals surface area contributed by atoms with Gasteiger partial charge in [0.1, 0.15) is 0 Å². The maximum atomic E-state index is 8.22. The van der Waals surface area contributed by atoms with E-state index >= 15 is 0 Å². The second kappa shape index (κ2) is 3.73. The molecular weight excluding hydrogens is 126 g/mol. The maximum Gasteiger partial charge on any atom is 0.0934 e. The summed E-state index contributed by atoms with van der Waals surface area (Å²) in [6.45, 7) is 0. The molecule has 0 saturated heterocycles. The number of nitrogens with zero attached hydrogens (tertiary/aromatic N) is 1. The molecule has 0 fully saturated rings. The Hall–Kier alpha value is -1.23. The fourth-order valence-electron chi connectivity index (χ4n) is 0.806. The van der Waals surface area contributed by atoms with E-state index in [0.717, 1.165) is 12.8 Å². The highest BCUT2D eigenvalue weighted by atomic mass is 16.3. The molecule has 0 aliphatic heterocycles. The Morgan fingerprint density at radius 1 is 1.60 bits per heavy atom. The summed E-state index contributed by atoms with van der Waals surface area (Å²) in [6.07, 6.45) is 5.88. The number of unbranched alkanes of at least 4 members (excludes halogenated alkanes) is 1. The molecule has 0 atom stereocenters. The molecule has 0 aromatic carbocycles. The van der Waals surface area contributed by atoms with E-state index in [2.05, 4.69) is 6.07 Å². The minimum absolute atomic E-state index is 0.630. The van der Waals surface area contributed by atoms with Crippen LogP contribution in [0.3, 0.4) is 0 Å². The predicted molar refractivity (Wildman–Crippen MR) is 37.3 cm³/mol. The van der Waals surface area contributed by atoms with E-state index in [4.69, 9.17) is 9.68 Å². The summed E-state index contributed by atoms with van der Waals surface area (Å²) < 4.78 is 4.86. The van der Waals surface area contributed by atoms with Crippen LogP contribution in [-0.2, 0) is 6.42 Å². The Morgan fingerprint density at radius 3 is 3.10 bits per heavy atom. The minimum atomic E-state index is 0.630. The van der Waals surface area contributed by atoms with Gasteiger partial charge < -0.3 is 4.42 Å². The van der Waals surface area contributed by atoms with Crippen molar-refractivity contribution in [2.24, 2.45) is 0 Å². The van der Waals surface area contributed by atoms with Gasteiger partial charge in [-0.15, -0.1) is 0 Å². The van der Waals surface area contributed by atoms with Gasteiger partial charge in [0.25, 0.3) is 0 Å². The fourth-order valence-corrected chi connectivity index (χ4v) is 0.806. The van der Waals surface area contributed by atoms with Gasteiger partial charge in [0.2, 0.25) is 0 Å². The number of nitriles is 1. The Balaban J connectivity index is 2.23. The summed E-state index contributed by atoms with van der Waals surface area (Å²) in [5.74, 6) is 0. The molecule has 0 unspecified atom stereocenters. The monoisotopic (exact) mass is 135 g/mol. The maximum absolute atomic E-state index is 8.22. The lowest BCUT2D eigenvalue weighted by atomic mass is 10.1. The van der Waals surface area contributed by atoms with Crippen LogP contribution in [0.5, 0.6) is 0 Å². The van der Waals surface area contributed by atoms with Gasteiger partial charge in [0, 0.05) is 6.42 Å². The van der Waals surface area contributed by atoms with E-state index in [1.165, 1.54) is 5.56 Å². The molecule has 10 heavy (non-hydrogen) atoms. The van der Waals surface area contributed by atoms with Crippen molar-refractivity contribution in [3.05, 3.63) is 24.2 Å². The third-order valence-corrected chi connectivity index (χ3v) is 1.33. The van der Waals surface area contributed by atoms with Crippen molar-refractivity contribution >= 4 is 0 Å². The molecule has 0 aliphatic carbocycles. The highest BCUT2D eigenvalue weighted by Gasteiger charge is 1.92. The summed E-state index contributed by atoms with van der Waals surface area (Å²) in [6, 6.07) is 4.03. The molecule has 52 valence electrons. The predicted octanol–water partition coefficient (Wildman–Crippen LogP) is 2.13. The molecule has 0 aliphatic rings. The van der Waals surface area contributed by atoms with Crippen LogP contribution in [0.2, 0.25) is 0 Å². The average molecular weight is 135 g/mol. The second-order valence-electron chi connectivity index (χ2n) is 2.14. The largest absolute Gasteiger partial charge is 0.472 e. The smallest absolute Gasteiger partial charge is 0.0934 e. The molecule has 2 heteroatoms. The standard InChI is InChI=1S/C8H9NO/c9-5-2-1-3-8-4-6-10-7-8/h4,6-7H,1-3H2. The SMILES string of the molecule is N#CCCCc1ccoc1. The van der Waals surface area contributed by atoms with Gasteiger partial charge in [-0.1, -0.05) is 0 Å². The zero-order valence-corrected chi connectivity index (χ0v) is 5.71. The Kier molecular flexibility index (Phi) is 2.57. The van der Waals surface area contributed by atoms with E-state index < -0.39 is 0 Å². The molecule has 0 bridgehead atoms. The van der Waals surface area contributed by atoms with Crippen molar-refractivity contribution in [2.45, 2.75) is 19.3 Å². The molecule has 1 aromatic heterocycles. The highest BCUT2D eigenvalue weighted by Crippen LogP contribution is 2.04. The molecule has 1 heterocycles. The van der Waals surface area contributed by atoms with E-state index in [-0.39, 0.29) is 0 Å². The number of aryl methyl sites for hydroxylation is 1. The van der Waals surface area contributed by atoms with Gasteiger partial charge in [0.05, 0.1) is 18.6 Å². The average Bonchev–Trinajstić information content (AvgIpc) is 2.41. The molecule has 1 aromatic rings. The highest BCUT2D eigenvalue weighted by molar-refractivity contribution is 5.05. The van der Waals surface area contributed by atoms with E-state index in [1.807, 2.05) is 6.07 Å². The number of hydrogen-bond donors (Lipinski definition) is 0. The van der Waals surface area contributed by atoms with Crippen LogP contribution < -0.4 is 0 Å². The summed E-state index contributed by atoms with van der Waals surface area (Å²) in [4.78, 5) is 0. The molecule has 0 saturated carbocycles.